The number of aliphatic hydroxyl groups is 1. The Morgan fingerprint density at radius 2 is 1.92 bits per heavy atom. The summed E-state index contributed by atoms with van der Waals surface area (Å²) in [7, 11) is 1.46. The Morgan fingerprint density at radius 1 is 1.22 bits per heavy atom. The van der Waals surface area contributed by atoms with Gasteiger partial charge in [-0.25, -0.2) is 8.78 Å². The van der Waals surface area contributed by atoms with Crippen LogP contribution in [-0.2, 0) is 16.3 Å². The minimum absolute atomic E-state index is 0.0737. The van der Waals surface area contributed by atoms with E-state index in [0.29, 0.717) is 11.6 Å². The highest BCUT2D eigenvalue weighted by atomic mass is 79.9. The van der Waals surface area contributed by atoms with E-state index in [9.17, 15) is 13.9 Å². The summed E-state index contributed by atoms with van der Waals surface area (Å²) >= 11 is 4.99. The average Bonchev–Trinajstić information content (AvgIpc) is 2.81. The molecule has 0 aliphatic rings. The van der Waals surface area contributed by atoms with E-state index < -0.39 is 45.7 Å². The molecule has 0 radical (unpaired) electrons. The van der Waals surface area contributed by atoms with Crippen molar-refractivity contribution in [2.75, 3.05) is 20.1 Å². The minimum Gasteiger partial charge on any atom is -0.377 e. The third kappa shape index (κ3) is 6.77. The highest BCUT2D eigenvalue weighted by Crippen LogP contribution is 2.47. The van der Waals surface area contributed by atoms with Crippen LogP contribution < -0.4 is 5.43 Å². The summed E-state index contributed by atoms with van der Waals surface area (Å²) < 4.78 is 60.8. The number of halogens is 5. The molecular weight excluding hydrogens is 562 g/mol. The van der Waals surface area contributed by atoms with Crippen molar-refractivity contribution in [3.05, 3.63) is 74.9 Å². The van der Waals surface area contributed by atoms with Crippen molar-refractivity contribution in [3.63, 3.8) is 0 Å². The van der Waals surface area contributed by atoms with Gasteiger partial charge in [-0.1, -0.05) is 29.5 Å². The van der Waals surface area contributed by atoms with E-state index in [1.54, 1.807) is 6.92 Å². The molecule has 0 amide bonds. The van der Waals surface area contributed by atoms with Gasteiger partial charge in [0.2, 0.25) is 0 Å². The Kier molecular flexibility index (Phi) is 10.3. The van der Waals surface area contributed by atoms with Crippen LogP contribution in [0.25, 0.3) is 0 Å². The number of alkyl halides is 2. The minimum atomic E-state index is -4.09. The van der Waals surface area contributed by atoms with E-state index >= 15 is 8.78 Å². The molecule has 0 aliphatic carbocycles. The largest absolute Gasteiger partial charge is 0.377 e. The highest BCUT2D eigenvalue weighted by molar-refractivity contribution is 9.14. The predicted octanol–water partition coefficient (Wildman–Crippen LogP) is 6.78. The molecule has 6 nitrogen and oxygen atoms in total. The lowest BCUT2D eigenvalue weighted by molar-refractivity contribution is -0.208. The third-order valence-corrected chi connectivity index (χ3v) is 7.36. The molecule has 198 valence electrons. The summed E-state index contributed by atoms with van der Waals surface area (Å²) in [5.41, 5.74) is -1.66. The maximum absolute atomic E-state index is 16.0. The zero-order valence-corrected chi connectivity index (χ0v) is 23.1. The van der Waals surface area contributed by atoms with Crippen molar-refractivity contribution in [1.29, 1.82) is 0 Å². The molecule has 1 atom stereocenters. The summed E-state index contributed by atoms with van der Waals surface area (Å²) in [6.45, 7) is 6.68. The van der Waals surface area contributed by atoms with E-state index in [2.05, 4.69) is 36.8 Å². The number of allylic oxidation sites excluding steroid dienone is 1. The molecule has 1 aromatic carbocycles. The monoisotopic (exact) mass is 591 g/mol. The summed E-state index contributed by atoms with van der Waals surface area (Å²) in [6, 6.07) is 4.65. The van der Waals surface area contributed by atoms with Crippen LogP contribution in [0.2, 0.25) is 0 Å². The number of nitrogens with zero attached hydrogens (tertiary/aromatic N) is 4. The summed E-state index contributed by atoms with van der Waals surface area (Å²) in [4.78, 5) is 3.96. The van der Waals surface area contributed by atoms with Crippen molar-refractivity contribution in [3.8, 4) is 0 Å². The van der Waals surface area contributed by atoms with Gasteiger partial charge in [0.25, 0.3) is 0 Å². The fourth-order valence-corrected chi connectivity index (χ4v) is 5.92. The van der Waals surface area contributed by atoms with Crippen molar-refractivity contribution in [2.24, 2.45) is 10.4 Å². The molecule has 2 rings (SSSR count). The molecular formula is C24H30BrF4N5OS. The summed E-state index contributed by atoms with van der Waals surface area (Å²) in [6.07, 6.45) is 4.13. The molecule has 12 heteroatoms. The van der Waals surface area contributed by atoms with Crippen LogP contribution >= 0.6 is 27.7 Å². The molecule has 0 aliphatic heterocycles. The van der Waals surface area contributed by atoms with Crippen molar-refractivity contribution >= 4 is 27.7 Å². The zero-order valence-electron chi connectivity index (χ0n) is 20.7. The second kappa shape index (κ2) is 12.4. The number of likely N-dealkylation sites (N-methyl/N-ethyl adjacent to an activating group) is 1. The van der Waals surface area contributed by atoms with Gasteiger partial charge in [-0.05, 0) is 66.9 Å². The van der Waals surface area contributed by atoms with E-state index in [1.165, 1.54) is 31.1 Å². The molecule has 0 saturated carbocycles. The Labute approximate surface area is 221 Å². The van der Waals surface area contributed by atoms with Crippen molar-refractivity contribution in [1.82, 2.24) is 15.4 Å². The molecule has 0 fully saturated rings. The molecule has 1 unspecified atom stereocenters. The number of hydrogen-bond donors (Lipinski definition) is 2. The summed E-state index contributed by atoms with van der Waals surface area (Å²) in [5.74, 6) is -6.37. The van der Waals surface area contributed by atoms with Crippen LogP contribution in [0.4, 0.5) is 17.6 Å². The third-order valence-electron chi connectivity index (χ3n) is 5.44. The standard InChI is InChI=1S/C24H30BrF4N5OS/c1-6-8-21(25)36-22(3,4)16-9-12-20(31-14-16)24(28,29)23(35,15-34(7-2)33-32-30-5)18-11-10-17(26)13-19(18)27/h8-14,35H,6-7,15H2,1-5H3,(H,30,33)/b21-8-. The van der Waals surface area contributed by atoms with Gasteiger partial charge in [0.1, 0.15) is 17.3 Å². The van der Waals surface area contributed by atoms with Crippen molar-refractivity contribution in [2.45, 2.75) is 50.4 Å². The van der Waals surface area contributed by atoms with Crippen LogP contribution in [0.5, 0.6) is 0 Å². The van der Waals surface area contributed by atoms with E-state index in [1.807, 2.05) is 26.8 Å². The van der Waals surface area contributed by atoms with Gasteiger partial charge in [0.15, 0.2) is 5.60 Å². The molecule has 0 bridgehead atoms. The Bertz CT molecular complexity index is 1080. The Morgan fingerprint density at radius 3 is 2.44 bits per heavy atom. The normalized spacial score (nSPS) is 14.7. The van der Waals surface area contributed by atoms with E-state index in [4.69, 9.17) is 0 Å². The topological polar surface area (TPSA) is 73.1 Å². The first-order chi connectivity index (χ1) is 16.8. The molecule has 1 heterocycles. The number of rotatable bonds is 12. The number of benzene rings is 1. The van der Waals surface area contributed by atoms with Gasteiger partial charge in [0.05, 0.1) is 6.54 Å². The summed E-state index contributed by atoms with van der Waals surface area (Å²) in [5, 5.41) is 19.7. The lowest BCUT2D eigenvalue weighted by Gasteiger charge is -2.38. The van der Waals surface area contributed by atoms with E-state index in [0.717, 1.165) is 33.4 Å². The van der Waals surface area contributed by atoms with Crippen LogP contribution in [0.15, 0.2) is 56.9 Å². The van der Waals surface area contributed by atoms with Gasteiger partial charge in [-0.2, -0.15) is 8.78 Å². The van der Waals surface area contributed by atoms with Crippen molar-refractivity contribution < 1.29 is 22.7 Å². The Hall–Kier alpha value is -2.18. The fraction of sp³-hybridized carbons (Fsp3) is 0.458. The molecule has 2 N–H and O–H groups in total. The lowest BCUT2D eigenvalue weighted by Crippen LogP contribution is -2.51. The van der Waals surface area contributed by atoms with Gasteiger partial charge >= 0.3 is 5.92 Å². The predicted molar refractivity (Wildman–Crippen MR) is 137 cm³/mol. The maximum atomic E-state index is 16.0. The lowest BCUT2D eigenvalue weighted by atomic mass is 9.84. The first-order valence-electron chi connectivity index (χ1n) is 11.2. The highest BCUT2D eigenvalue weighted by Gasteiger charge is 2.58. The second-order valence-corrected chi connectivity index (χ2v) is 11.5. The Balaban J connectivity index is 2.56. The van der Waals surface area contributed by atoms with Gasteiger partial charge in [-0.3, -0.25) is 15.4 Å². The number of thioether (sulfide) groups is 1. The van der Waals surface area contributed by atoms with Crippen LogP contribution in [0.3, 0.4) is 0 Å². The first kappa shape index (κ1) is 30.0. The SMILES string of the molecule is CC/C=C(/Br)SC(C)(C)c1ccc(C(F)(F)C(O)(CN(CC)/N=N\NC)c2ccc(F)cc2F)nc1. The number of hydrogen-bond acceptors (Lipinski definition) is 5. The first-order valence-corrected chi connectivity index (χ1v) is 12.8. The molecule has 2 aromatic rings. The average molecular weight is 593 g/mol. The van der Waals surface area contributed by atoms with Gasteiger partial charge < -0.3 is 5.11 Å². The smallest absolute Gasteiger partial charge is 0.323 e. The zero-order chi connectivity index (χ0) is 27.1. The van der Waals surface area contributed by atoms with Crippen LogP contribution in [0, 0.1) is 11.6 Å². The molecule has 1 aromatic heterocycles. The van der Waals surface area contributed by atoms with Crippen LogP contribution in [-0.4, -0.2) is 35.2 Å². The number of nitrogens with one attached hydrogen (secondary N) is 1. The van der Waals surface area contributed by atoms with Crippen LogP contribution in [0.1, 0.15) is 50.9 Å². The van der Waals surface area contributed by atoms with Gasteiger partial charge in [-0.15, -0.1) is 11.8 Å². The number of aromatic nitrogens is 1. The quantitative estimate of drug-likeness (QED) is 0.162. The van der Waals surface area contributed by atoms with E-state index in [-0.39, 0.29) is 6.54 Å². The molecule has 0 spiro atoms. The number of pyridine rings is 1. The maximum Gasteiger partial charge on any atom is 0.323 e. The van der Waals surface area contributed by atoms with Gasteiger partial charge in [0, 0.05) is 40.0 Å². The molecule has 36 heavy (non-hydrogen) atoms. The second-order valence-electron chi connectivity index (χ2n) is 8.41. The molecule has 0 saturated heterocycles. The fourth-order valence-electron chi connectivity index (χ4n) is 3.41.